The fraction of sp³-hybridized carbons (Fsp3) is 0.381. The number of amides is 1. The number of benzene rings is 2. The summed E-state index contributed by atoms with van der Waals surface area (Å²) in [5, 5.41) is 2.89. The minimum absolute atomic E-state index is 0.0435. The highest BCUT2D eigenvalue weighted by Gasteiger charge is 2.31. The normalized spacial score (nSPS) is 15.6. The van der Waals surface area contributed by atoms with Gasteiger partial charge in [-0.25, -0.2) is 12.7 Å². The van der Waals surface area contributed by atoms with Crippen molar-refractivity contribution in [3.05, 3.63) is 52.5 Å². The van der Waals surface area contributed by atoms with Crippen LogP contribution in [0.25, 0.3) is 0 Å². The van der Waals surface area contributed by atoms with Crippen molar-refractivity contribution in [2.24, 2.45) is 5.92 Å². The molecule has 2 aromatic carbocycles. The summed E-state index contributed by atoms with van der Waals surface area (Å²) in [7, 11) is -0.340. The Morgan fingerprint density at radius 2 is 1.77 bits per heavy atom. The maximum atomic E-state index is 12.7. The van der Waals surface area contributed by atoms with Crippen molar-refractivity contribution in [3.63, 3.8) is 0 Å². The smallest absolute Gasteiger partial charge is 0.227 e. The standard InChI is InChI=1S/C21H25BrN2O5S/c1-28-18-7-8-20(29-2)19(13-18)23-21(25)16-9-11-24(12-10-16)30(26,27)14-15-3-5-17(22)6-4-15/h3-8,13,16H,9-12,14H2,1-2H3,(H,23,25). The number of hydrogen-bond acceptors (Lipinski definition) is 5. The van der Waals surface area contributed by atoms with E-state index in [0.29, 0.717) is 43.1 Å². The van der Waals surface area contributed by atoms with Gasteiger partial charge in [0.1, 0.15) is 11.5 Å². The molecule has 0 radical (unpaired) electrons. The second kappa shape index (κ2) is 9.80. The van der Waals surface area contributed by atoms with Gasteiger partial charge < -0.3 is 14.8 Å². The third-order valence-electron chi connectivity index (χ3n) is 5.14. The predicted octanol–water partition coefficient (Wildman–Crippen LogP) is 3.65. The first kappa shape index (κ1) is 22.6. The van der Waals surface area contributed by atoms with Gasteiger partial charge in [-0.3, -0.25) is 4.79 Å². The number of sulfonamides is 1. The zero-order valence-electron chi connectivity index (χ0n) is 16.9. The Morgan fingerprint density at radius 3 is 2.37 bits per heavy atom. The number of piperidine rings is 1. The third kappa shape index (κ3) is 5.53. The van der Waals surface area contributed by atoms with E-state index in [-0.39, 0.29) is 17.6 Å². The highest BCUT2D eigenvalue weighted by Crippen LogP contribution is 2.30. The molecule has 0 saturated carbocycles. The highest BCUT2D eigenvalue weighted by molar-refractivity contribution is 9.10. The molecule has 1 heterocycles. The maximum Gasteiger partial charge on any atom is 0.227 e. The topological polar surface area (TPSA) is 84.9 Å². The minimum atomic E-state index is -3.43. The molecule has 9 heteroatoms. The molecule has 0 unspecified atom stereocenters. The van der Waals surface area contributed by atoms with Gasteiger partial charge in [-0.2, -0.15) is 0 Å². The SMILES string of the molecule is COc1ccc(OC)c(NC(=O)C2CCN(S(=O)(=O)Cc3ccc(Br)cc3)CC2)c1. The Balaban J connectivity index is 1.59. The van der Waals surface area contributed by atoms with Crippen LogP contribution in [0.5, 0.6) is 11.5 Å². The van der Waals surface area contributed by atoms with Crippen molar-refractivity contribution >= 4 is 37.5 Å². The molecule has 1 aliphatic rings. The van der Waals surface area contributed by atoms with E-state index >= 15 is 0 Å². The second-order valence-corrected chi connectivity index (χ2v) is 10.00. The number of nitrogens with one attached hydrogen (secondary N) is 1. The average Bonchev–Trinajstić information content (AvgIpc) is 2.75. The number of ether oxygens (including phenoxy) is 2. The van der Waals surface area contributed by atoms with Gasteiger partial charge in [0.2, 0.25) is 15.9 Å². The summed E-state index contributed by atoms with van der Waals surface area (Å²) in [5.74, 6) is 0.697. The lowest BCUT2D eigenvalue weighted by Gasteiger charge is -2.30. The average molecular weight is 497 g/mol. The van der Waals surface area contributed by atoms with Gasteiger partial charge in [-0.1, -0.05) is 28.1 Å². The summed E-state index contributed by atoms with van der Waals surface area (Å²) in [4.78, 5) is 12.7. The maximum absolute atomic E-state index is 12.7. The number of carbonyl (C=O) groups excluding carboxylic acids is 1. The molecule has 162 valence electrons. The van der Waals surface area contributed by atoms with E-state index in [9.17, 15) is 13.2 Å². The van der Waals surface area contributed by atoms with Gasteiger partial charge in [0.25, 0.3) is 0 Å². The van der Waals surface area contributed by atoms with Crippen LogP contribution in [0.1, 0.15) is 18.4 Å². The van der Waals surface area contributed by atoms with Crippen molar-refractivity contribution in [2.45, 2.75) is 18.6 Å². The molecule has 0 aliphatic carbocycles. The van der Waals surface area contributed by atoms with Crippen LogP contribution in [0.3, 0.4) is 0 Å². The molecule has 3 rings (SSSR count). The van der Waals surface area contributed by atoms with E-state index in [1.807, 2.05) is 12.1 Å². The van der Waals surface area contributed by atoms with Gasteiger partial charge >= 0.3 is 0 Å². The number of rotatable bonds is 7. The lowest BCUT2D eigenvalue weighted by molar-refractivity contribution is -0.120. The molecule has 1 amide bonds. The fourth-order valence-corrected chi connectivity index (χ4v) is 5.25. The zero-order chi connectivity index (χ0) is 21.7. The highest BCUT2D eigenvalue weighted by atomic mass is 79.9. The van der Waals surface area contributed by atoms with Crippen LogP contribution in [0.2, 0.25) is 0 Å². The number of halogens is 1. The fourth-order valence-electron chi connectivity index (χ4n) is 3.43. The van der Waals surface area contributed by atoms with Gasteiger partial charge in [-0.05, 0) is 42.7 Å². The number of nitrogens with zero attached hydrogens (tertiary/aromatic N) is 1. The van der Waals surface area contributed by atoms with Crippen LogP contribution in [0.4, 0.5) is 5.69 Å². The van der Waals surface area contributed by atoms with Crippen LogP contribution in [0, 0.1) is 5.92 Å². The molecule has 0 bridgehead atoms. The third-order valence-corrected chi connectivity index (χ3v) is 7.52. The van der Waals surface area contributed by atoms with E-state index < -0.39 is 10.0 Å². The Kier molecular flexibility index (Phi) is 7.38. The first-order valence-electron chi connectivity index (χ1n) is 9.57. The van der Waals surface area contributed by atoms with E-state index in [1.165, 1.54) is 11.4 Å². The van der Waals surface area contributed by atoms with Crippen molar-refractivity contribution in [3.8, 4) is 11.5 Å². The summed E-state index contributed by atoms with van der Waals surface area (Å²) < 4.78 is 38.4. The largest absolute Gasteiger partial charge is 0.497 e. The van der Waals surface area contributed by atoms with E-state index in [2.05, 4.69) is 21.2 Å². The Labute approximate surface area is 185 Å². The molecule has 2 aromatic rings. The van der Waals surface area contributed by atoms with Crippen molar-refractivity contribution in [1.82, 2.24) is 4.31 Å². The molecule has 0 atom stereocenters. The summed E-state index contributed by atoms with van der Waals surface area (Å²) in [6.45, 7) is 0.651. The van der Waals surface area contributed by atoms with Crippen molar-refractivity contribution in [1.29, 1.82) is 0 Å². The van der Waals surface area contributed by atoms with Gasteiger partial charge in [0.15, 0.2) is 0 Å². The first-order valence-corrected chi connectivity index (χ1v) is 12.0. The lowest BCUT2D eigenvalue weighted by Crippen LogP contribution is -2.41. The molecule has 0 aromatic heterocycles. The van der Waals surface area contributed by atoms with Gasteiger partial charge in [-0.15, -0.1) is 0 Å². The number of anilines is 1. The van der Waals surface area contributed by atoms with Crippen molar-refractivity contribution in [2.75, 3.05) is 32.6 Å². The molecule has 1 N–H and O–H groups in total. The van der Waals surface area contributed by atoms with Crippen LogP contribution in [0.15, 0.2) is 46.9 Å². The molecular formula is C21H25BrN2O5S. The number of carbonyl (C=O) groups is 1. The van der Waals surface area contributed by atoms with Gasteiger partial charge in [0.05, 0.1) is 25.7 Å². The Morgan fingerprint density at radius 1 is 1.10 bits per heavy atom. The number of hydrogen-bond donors (Lipinski definition) is 1. The predicted molar refractivity (Wildman–Crippen MR) is 119 cm³/mol. The second-order valence-electron chi connectivity index (χ2n) is 7.11. The quantitative estimate of drug-likeness (QED) is 0.632. The monoisotopic (exact) mass is 496 g/mol. The molecule has 1 fully saturated rings. The van der Waals surface area contributed by atoms with Gasteiger partial charge in [0, 0.05) is 29.5 Å². The minimum Gasteiger partial charge on any atom is -0.497 e. The van der Waals surface area contributed by atoms with E-state index in [1.54, 1.807) is 37.4 Å². The summed E-state index contributed by atoms with van der Waals surface area (Å²) >= 11 is 3.35. The summed E-state index contributed by atoms with van der Waals surface area (Å²) in [5.41, 5.74) is 1.27. The van der Waals surface area contributed by atoms with E-state index in [4.69, 9.17) is 9.47 Å². The van der Waals surface area contributed by atoms with Crippen LogP contribution < -0.4 is 14.8 Å². The van der Waals surface area contributed by atoms with Crippen LogP contribution in [-0.4, -0.2) is 45.9 Å². The molecule has 1 aliphatic heterocycles. The Bertz CT molecular complexity index is 987. The summed E-state index contributed by atoms with van der Waals surface area (Å²) in [6, 6.07) is 12.4. The lowest BCUT2D eigenvalue weighted by atomic mass is 9.97. The van der Waals surface area contributed by atoms with Crippen molar-refractivity contribution < 1.29 is 22.7 Å². The molecule has 0 spiro atoms. The molecule has 30 heavy (non-hydrogen) atoms. The summed E-state index contributed by atoms with van der Waals surface area (Å²) in [6.07, 6.45) is 0.940. The molecular weight excluding hydrogens is 472 g/mol. The first-order chi connectivity index (χ1) is 14.3. The molecule has 7 nitrogen and oxygen atoms in total. The van der Waals surface area contributed by atoms with E-state index in [0.717, 1.165) is 10.0 Å². The zero-order valence-corrected chi connectivity index (χ0v) is 19.3. The molecule has 1 saturated heterocycles. The Hall–Kier alpha value is -2.10. The number of methoxy groups -OCH3 is 2. The van der Waals surface area contributed by atoms with Crippen LogP contribution >= 0.6 is 15.9 Å². The van der Waals surface area contributed by atoms with Crippen LogP contribution in [-0.2, 0) is 20.6 Å².